The monoisotopic (exact) mass is 451 g/mol. The topological polar surface area (TPSA) is 72.7 Å². The van der Waals surface area contributed by atoms with E-state index in [2.05, 4.69) is 20.6 Å². The Kier molecular flexibility index (Phi) is 4.73. The van der Waals surface area contributed by atoms with E-state index in [0.29, 0.717) is 22.2 Å². The van der Waals surface area contributed by atoms with Gasteiger partial charge < -0.3 is 5.32 Å². The van der Waals surface area contributed by atoms with Crippen molar-refractivity contribution in [2.24, 2.45) is 7.05 Å². The molecule has 0 aliphatic heterocycles. The average molecular weight is 451 g/mol. The van der Waals surface area contributed by atoms with E-state index in [4.69, 9.17) is 0 Å². The fourth-order valence-corrected chi connectivity index (χ4v) is 4.15. The maximum atomic E-state index is 13.7. The van der Waals surface area contributed by atoms with E-state index in [-0.39, 0.29) is 24.4 Å². The maximum Gasteiger partial charge on any atom is 0.400 e. The van der Waals surface area contributed by atoms with Gasteiger partial charge in [0, 0.05) is 29.4 Å². The molecule has 0 saturated heterocycles. The number of carbonyl (C=O) groups excluding carboxylic acids is 1. The molecule has 1 aliphatic carbocycles. The van der Waals surface area contributed by atoms with Crippen LogP contribution in [0.4, 0.5) is 19.0 Å². The van der Waals surface area contributed by atoms with E-state index < -0.39 is 11.6 Å². The number of nitrogens with one attached hydrogen (secondary N) is 1. The van der Waals surface area contributed by atoms with Gasteiger partial charge >= 0.3 is 6.18 Å². The normalized spacial score (nSPS) is 14.9. The Morgan fingerprint density at radius 3 is 2.58 bits per heavy atom. The van der Waals surface area contributed by atoms with Crippen molar-refractivity contribution in [3.63, 3.8) is 0 Å². The van der Waals surface area contributed by atoms with E-state index in [1.807, 2.05) is 13.0 Å². The number of hydrogen-bond acceptors (Lipinski definition) is 4. The van der Waals surface area contributed by atoms with Crippen molar-refractivity contribution in [2.75, 3.05) is 5.32 Å². The van der Waals surface area contributed by atoms with E-state index in [1.165, 1.54) is 6.20 Å². The van der Waals surface area contributed by atoms with Crippen molar-refractivity contribution >= 4 is 22.5 Å². The average Bonchev–Trinajstić information content (AvgIpc) is 3.51. The Bertz CT molecular complexity index is 1390. The van der Waals surface area contributed by atoms with E-state index in [9.17, 15) is 18.0 Å². The van der Waals surface area contributed by atoms with Crippen LogP contribution in [0.2, 0.25) is 0 Å². The predicted molar refractivity (Wildman–Crippen MR) is 118 cm³/mol. The summed E-state index contributed by atoms with van der Waals surface area (Å²) in [6, 6.07) is 12.3. The van der Waals surface area contributed by atoms with Gasteiger partial charge in [-0.1, -0.05) is 18.2 Å². The molecule has 0 atom stereocenters. The third kappa shape index (κ3) is 3.53. The van der Waals surface area contributed by atoms with Crippen molar-refractivity contribution < 1.29 is 18.0 Å². The first kappa shape index (κ1) is 21.1. The smallest absolute Gasteiger partial charge is 0.307 e. The summed E-state index contributed by atoms with van der Waals surface area (Å²) >= 11 is 0. The molecule has 0 radical (unpaired) electrons. The van der Waals surface area contributed by atoms with Crippen molar-refractivity contribution in [3.05, 3.63) is 71.7 Å². The number of aromatic nitrogens is 4. The number of amides is 1. The Hall–Kier alpha value is -3.75. The summed E-state index contributed by atoms with van der Waals surface area (Å²) < 4.78 is 42.6. The number of hydrogen-bond donors (Lipinski definition) is 1. The minimum absolute atomic E-state index is 0.0138. The third-order valence-electron chi connectivity index (χ3n) is 6.28. The summed E-state index contributed by atoms with van der Waals surface area (Å²) in [6.07, 6.45) is -1.24. The molecule has 168 valence electrons. The summed E-state index contributed by atoms with van der Waals surface area (Å²) in [6.45, 7) is 1.92. The number of alkyl halides is 3. The van der Waals surface area contributed by atoms with Crippen LogP contribution in [0.5, 0.6) is 0 Å². The second-order valence-corrected chi connectivity index (χ2v) is 8.40. The SMILES string of the molecule is Cc1ccc(C(=O)Nc2ccnn2C)cc1-c1ccc2c(C3(C(F)(F)F)CC3)nncc2c1. The number of fused-ring (bicyclic) bond motifs is 1. The standard InChI is InChI=1S/C24H20F3N5O/c1-14-3-4-16(22(33)30-20-7-10-29-32(20)2)12-19(14)15-5-6-18-17(11-15)13-28-31-21(18)23(8-9-23)24(25,26)27/h3-7,10-13H,8-9H2,1-2H3,(H,30,33). The molecule has 1 aliphatic rings. The van der Waals surface area contributed by atoms with Gasteiger partial charge in [-0.2, -0.15) is 28.5 Å². The zero-order valence-electron chi connectivity index (χ0n) is 17.9. The molecular formula is C24H20F3N5O. The maximum absolute atomic E-state index is 13.7. The van der Waals surface area contributed by atoms with Crippen molar-refractivity contribution in [1.29, 1.82) is 0 Å². The Balaban J connectivity index is 1.53. The highest BCUT2D eigenvalue weighted by molar-refractivity contribution is 6.04. The Labute approximate surface area is 187 Å². The Morgan fingerprint density at radius 2 is 1.91 bits per heavy atom. The first-order chi connectivity index (χ1) is 15.7. The number of nitrogens with zero attached hydrogens (tertiary/aromatic N) is 4. The molecule has 1 fully saturated rings. The van der Waals surface area contributed by atoms with Crippen LogP contribution >= 0.6 is 0 Å². The molecule has 0 unspecified atom stereocenters. The fraction of sp³-hybridized carbons (Fsp3) is 0.250. The van der Waals surface area contributed by atoms with Gasteiger partial charge in [0.05, 0.1) is 18.1 Å². The van der Waals surface area contributed by atoms with E-state index >= 15 is 0 Å². The number of carbonyl (C=O) groups is 1. The molecule has 2 heterocycles. The molecule has 2 aromatic heterocycles. The van der Waals surface area contributed by atoms with Crippen LogP contribution in [-0.2, 0) is 12.5 Å². The van der Waals surface area contributed by atoms with Crippen molar-refractivity contribution in [1.82, 2.24) is 20.0 Å². The minimum Gasteiger partial charge on any atom is -0.307 e. The molecule has 9 heteroatoms. The number of anilines is 1. The van der Waals surface area contributed by atoms with Gasteiger partial charge in [0.25, 0.3) is 5.91 Å². The van der Waals surface area contributed by atoms with E-state index in [0.717, 1.165) is 16.7 Å². The van der Waals surface area contributed by atoms with Gasteiger partial charge in [0.1, 0.15) is 11.2 Å². The molecule has 1 N–H and O–H groups in total. The molecule has 1 saturated carbocycles. The van der Waals surface area contributed by atoms with Gasteiger partial charge in [0.15, 0.2) is 0 Å². The second kappa shape index (κ2) is 7.40. The summed E-state index contributed by atoms with van der Waals surface area (Å²) in [5.41, 5.74) is 1.07. The summed E-state index contributed by atoms with van der Waals surface area (Å²) in [5, 5.41) is 15.6. The largest absolute Gasteiger partial charge is 0.400 e. The molecule has 1 amide bonds. The number of halogens is 3. The zero-order chi connectivity index (χ0) is 23.4. The van der Waals surface area contributed by atoms with Gasteiger partial charge in [0.2, 0.25) is 0 Å². The first-order valence-corrected chi connectivity index (χ1v) is 10.4. The van der Waals surface area contributed by atoms with Crippen molar-refractivity contribution in [2.45, 2.75) is 31.4 Å². The molecule has 4 aromatic rings. The van der Waals surface area contributed by atoms with E-state index in [1.54, 1.807) is 54.3 Å². The van der Waals surface area contributed by atoms with Gasteiger partial charge in [-0.15, -0.1) is 0 Å². The van der Waals surface area contributed by atoms with Gasteiger partial charge in [-0.25, -0.2) is 0 Å². The van der Waals surface area contributed by atoms with Gasteiger partial charge in [-0.3, -0.25) is 9.48 Å². The molecule has 0 spiro atoms. The predicted octanol–water partition coefficient (Wildman–Crippen LogP) is 5.18. The summed E-state index contributed by atoms with van der Waals surface area (Å²) in [4.78, 5) is 12.8. The fourth-order valence-electron chi connectivity index (χ4n) is 4.15. The van der Waals surface area contributed by atoms with Crippen LogP contribution in [-0.4, -0.2) is 32.1 Å². The molecule has 5 rings (SSSR count). The molecule has 33 heavy (non-hydrogen) atoms. The van der Waals surface area contributed by atoms with Crippen LogP contribution in [0.15, 0.2) is 54.9 Å². The Morgan fingerprint density at radius 1 is 1.12 bits per heavy atom. The quantitative estimate of drug-likeness (QED) is 0.464. The highest BCUT2D eigenvalue weighted by atomic mass is 19.4. The number of aryl methyl sites for hydroxylation is 2. The number of rotatable bonds is 4. The lowest BCUT2D eigenvalue weighted by Crippen LogP contribution is -2.30. The lowest BCUT2D eigenvalue weighted by atomic mass is 9.93. The van der Waals surface area contributed by atoms with Crippen LogP contribution in [0, 0.1) is 6.92 Å². The second-order valence-electron chi connectivity index (χ2n) is 8.40. The molecule has 6 nitrogen and oxygen atoms in total. The van der Waals surface area contributed by atoms with Gasteiger partial charge in [-0.05, 0) is 54.7 Å². The summed E-state index contributed by atoms with van der Waals surface area (Å²) in [5.74, 6) is 0.284. The number of benzene rings is 2. The van der Waals surface area contributed by atoms with Crippen LogP contribution in [0.3, 0.4) is 0 Å². The molecular weight excluding hydrogens is 431 g/mol. The van der Waals surface area contributed by atoms with Crippen LogP contribution in [0.25, 0.3) is 21.9 Å². The minimum atomic E-state index is -4.36. The summed E-state index contributed by atoms with van der Waals surface area (Å²) in [7, 11) is 1.73. The third-order valence-corrected chi connectivity index (χ3v) is 6.28. The van der Waals surface area contributed by atoms with Crippen LogP contribution in [0.1, 0.15) is 34.5 Å². The lowest BCUT2D eigenvalue weighted by molar-refractivity contribution is -0.161. The molecule has 2 aromatic carbocycles. The zero-order valence-corrected chi connectivity index (χ0v) is 17.9. The highest BCUT2D eigenvalue weighted by Crippen LogP contribution is 2.59. The first-order valence-electron chi connectivity index (χ1n) is 10.4. The van der Waals surface area contributed by atoms with Crippen LogP contribution < -0.4 is 5.32 Å². The highest BCUT2D eigenvalue weighted by Gasteiger charge is 2.66. The lowest BCUT2D eigenvalue weighted by Gasteiger charge is -2.19. The molecule has 0 bridgehead atoms. The van der Waals surface area contributed by atoms with Crippen molar-refractivity contribution in [3.8, 4) is 11.1 Å².